The van der Waals surface area contributed by atoms with Gasteiger partial charge in [0.1, 0.15) is 0 Å². The molecule has 2 N–H and O–H groups in total. The Hall–Kier alpha value is -0.900. The Labute approximate surface area is 123 Å². The van der Waals surface area contributed by atoms with Crippen molar-refractivity contribution >= 4 is 0 Å². The smallest absolute Gasteiger partial charge is 0.0703 e. The van der Waals surface area contributed by atoms with Crippen molar-refractivity contribution in [2.45, 2.75) is 57.8 Å². The second-order valence-electron chi connectivity index (χ2n) is 6.03. The number of likely N-dealkylation sites (N-methyl/N-ethyl adjacent to an activating group) is 1. The molecule has 1 aliphatic heterocycles. The molecule has 0 aromatic heterocycles. The maximum absolute atomic E-state index is 6.43. The van der Waals surface area contributed by atoms with Crippen LogP contribution in [0.4, 0.5) is 0 Å². The summed E-state index contributed by atoms with van der Waals surface area (Å²) in [6.45, 7) is 7.33. The van der Waals surface area contributed by atoms with Gasteiger partial charge in [0, 0.05) is 24.7 Å². The highest BCUT2D eigenvalue weighted by atomic mass is 16.5. The second kappa shape index (κ2) is 6.70. The van der Waals surface area contributed by atoms with Crippen molar-refractivity contribution in [2.24, 2.45) is 5.73 Å². The van der Waals surface area contributed by atoms with Crippen LogP contribution in [0.15, 0.2) is 24.3 Å². The summed E-state index contributed by atoms with van der Waals surface area (Å²) in [5.41, 5.74) is 9.04. The van der Waals surface area contributed by atoms with Crippen LogP contribution in [0.1, 0.15) is 43.9 Å². The third kappa shape index (κ3) is 3.22. The van der Waals surface area contributed by atoms with Gasteiger partial charge in [-0.1, -0.05) is 36.8 Å². The van der Waals surface area contributed by atoms with Gasteiger partial charge in [-0.2, -0.15) is 0 Å². The monoisotopic (exact) mass is 276 g/mol. The van der Waals surface area contributed by atoms with Crippen LogP contribution in [-0.2, 0) is 4.74 Å². The predicted molar refractivity (Wildman–Crippen MR) is 83.8 cm³/mol. The van der Waals surface area contributed by atoms with E-state index in [1.807, 2.05) is 0 Å². The number of ether oxygens (including phenoxy) is 1. The van der Waals surface area contributed by atoms with E-state index in [0.29, 0.717) is 6.04 Å². The van der Waals surface area contributed by atoms with E-state index in [2.05, 4.69) is 57.0 Å². The van der Waals surface area contributed by atoms with Crippen LogP contribution >= 0.6 is 0 Å². The van der Waals surface area contributed by atoms with Crippen molar-refractivity contribution in [1.82, 2.24) is 4.90 Å². The van der Waals surface area contributed by atoms with Crippen molar-refractivity contribution < 1.29 is 4.74 Å². The highest BCUT2D eigenvalue weighted by Crippen LogP contribution is 2.30. The zero-order valence-corrected chi connectivity index (χ0v) is 13.2. The van der Waals surface area contributed by atoms with Gasteiger partial charge in [0.2, 0.25) is 0 Å². The molecule has 1 aromatic rings. The fourth-order valence-electron chi connectivity index (χ4n) is 3.32. The van der Waals surface area contributed by atoms with Crippen LogP contribution in [0, 0.1) is 6.92 Å². The fraction of sp³-hybridized carbons (Fsp3) is 0.647. The molecule has 1 saturated heterocycles. The summed E-state index contributed by atoms with van der Waals surface area (Å²) in [6.07, 6.45) is 2.36. The Balaban J connectivity index is 2.27. The van der Waals surface area contributed by atoms with Gasteiger partial charge >= 0.3 is 0 Å². The topological polar surface area (TPSA) is 38.5 Å². The summed E-state index contributed by atoms with van der Waals surface area (Å²) in [5, 5.41) is 0. The van der Waals surface area contributed by atoms with Crippen molar-refractivity contribution in [2.75, 3.05) is 13.7 Å². The van der Waals surface area contributed by atoms with Gasteiger partial charge in [0.05, 0.1) is 6.10 Å². The molecule has 0 saturated carbocycles. The molecule has 1 aliphatic rings. The van der Waals surface area contributed by atoms with E-state index in [0.717, 1.165) is 19.4 Å². The first-order valence-electron chi connectivity index (χ1n) is 7.70. The lowest BCUT2D eigenvalue weighted by molar-refractivity contribution is 0.0608. The van der Waals surface area contributed by atoms with E-state index in [1.165, 1.54) is 11.1 Å². The molecule has 0 amide bonds. The number of rotatable bonds is 5. The highest BCUT2D eigenvalue weighted by molar-refractivity contribution is 5.26. The van der Waals surface area contributed by atoms with E-state index in [-0.39, 0.29) is 18.2 Å². The van der Waals surface area contributed by atoms with Gasteiger partial charge in [-0.05, 0) is 39.3 Å². The van der Waals surface area contributed by atoms with E-state index in [1.54, 1.807) is 0 Å². The summed E-state index contributed by atoms with van der Waals surface area (Å²) < 4.78 is 5.73. The van der Waals surface area contributed by atoms with Crippen molar-refractivity contribution in [3.8, 4) is 0 Å². The first kappa shape index (κ1) is 15.5. The van der Waals surface area contributed by atoms with Crippen LogP contribution in [0.3, 0.4) is 0 Å². The minimum atomic E-state index is 0.148. The van der Waals surface area contributed by atoms with Gasteiger partial charge in [-0.25, -0.2) is 0 Å². The first-order chi connectivity index (χ1) is 9.54. The minimum Gasteiger partial charge on any atom is -0.377 e. The molecule has 2 rings (SSSR count). The van der Waals surface area contributed by atoms with E-state index >= 15 is 0 Å². The standard InChI is InChI=1S/C17H28N2O/c1-5-15(18)17(14-8-6-7-12(2)11-14)19(4)16-9-10-20-13(16)3/h6-8,11,13,15-17H,5,9-10,18H2,1-4H3. The molecule has 0 aliphatic carbocycles. The summed E-state index contributed by atoms with van der Waals surface area (Å²) in [5.74, 6) is 0. The lowest BCUT2D eigenvalue weighted by Gasteiger charge is -2.38. The van der Waals surface area contributed by atoms with Gasteiger partial charge in [0.25, 0.3) is 0 Å². The predicted octanol–water partition coefficient (Wildman–Crippen LogP) is 2.88. The van der Waals surface area contributed by atoms with Crippen LogP contribution in [0.2, 0.25) is 0 Å². The average Bonchev–Trinajstić information content (AvgIpc) is 2.85. The number of aryl methyl sites for hydroxylation is 1. The summed E-state index contributed by atoms with van der Waals surface area (Å²) in [6, 6.07) is 9.59. The summed E-state index contributed by atoms with van der Waals surface area (Å²) >= 11 is 0. The average molecular weight is 276 g/mol. The second-order valence-corrected chi connectivity index (χ2v) is 6.03. The maximum atomic E-state index is 6.43. The Morgan fingerprint density at radius 2 is 2.20 bits per heavy atom. The molecule has 0 spiro atoms. The van der Waals surface area contributed by atoms with Crippen LogP contribution in [0.5, 0.6) is 0 Å². The van der Waals surface area contributed by atoms with Crippen molar-refractivity contribution in [3.63, 3.8) is 0 Å². The third-order valence-electron chi connectivity index (χ3n) is 4.56. The van der Waals surface area contributed by atoms with Crippen LogP contribution in [-0.4, -0.2) is 36.7 Å². The van der Waals surface area contributed by atoms with Crippen molar-refractivity contribution in [1.29, 1.82) is 0 Å². The lowest BCUT2D eigenvalue weighted by atomic mass is 9.93. The molecule has 0 bridgehead atoms. The Kier molecular flexibility index (Phi) is 5.19. The van der Waals surface area contributed by atoms with Crippen LogP contribution < -0.4 is 5.73 Å². The molecule has 1 heterocycles. The molecule has 4 unspecified atom stereocenters. The zero-order valence-electron chi connectivity index (χ0n) is 13.2. The molecular formula is C17H28N2O. The number of benzene rings is 1. The van der Waals surface area contributed by atoms with Gasteiger partial charge in [0.15, 0.2) is 0 Å². The molecule has 3 nitrogen and oxygen atoms in total. The highest BCUT2D eigenvalue weighted by Gasteiger charge is 2.34. The number of hydrogen-bond donors (Lipinski definition) is 1. The molecule has 0 radical (unpaired) electrons. The minimum absolute atomic E-state index is 0.148. The number of nitrogens with zero attached hydrogens (tertiary/aromatic N) is 1. The summed E-state index contributed by atoms with van der Waals surface area (Å²) in [7, 11) is 2.19. The molecule has 20 heavy (non-hydrogen) atoms. The quantitative estimate of drug-likeness (QED) is 0.898. The normalized spacial score (nSPS) is 25.9. The van der Waals surface area contributed by atoms with E-state index in [9.17, 15) is 0 Å². The van der Waals surface area contributed by atoms with E-state index in [4.69, 9.17) is 10.5 Å². The molecule has 112 valence electrons. The van der Waals surface area contributed by atoms with Gasteiger partial charge in [-0.3, -0.25) is 4.90 Å². The van der Waals surface area contributed by atoms with Gasteiger partial charge in [-0.15, -0.1) is 0 Å². The van der Waals surface area contributed by atoms with Gasteiger partial charge < -0.3 is 10.5 Å². The Morgan fingerprint density at radius 3 is 2.75 bits per heavy atom. The zero-order chi connectivity index (χ0) is 14.7. The molecule has 1 aromatic carbocycles. The third-order valence-corrected chi connectivity index (χ3v) is 4.56. The molecule has 4 atom stereocenters. The van der Waals surface area contributed by atoms with E-state index < -0.39 is 0 Å². The molecule has 1 fully saturated rings. The first-order valence-corrected chi connectivity index (χ1v) is 7.70. The SMILES string of the molecule is CCC(N)C(c1cccc(C)c1)N(C)C1CCOC1C. The Bertz CT molecular complexity index is 435. The Morgan fingerprint density at radius 1 is 1.45 bits per heavy atom. The molecule has 3 heteroatoms. The number of nitrogens with two attached hydrogens (primary N) is 1. The fourth-order valence-corrected chi connectivity index (χ4v) is 3.32. The maximum Gasteiger partial charge on any atom is 0.0703 e. The van der Waals surface area contributed by atoms with Crippen LogP contribution in [0.25, 0.3) is 0 Å². The number of hydrogen-bond acceptors (Lipinski definition) is 3. The molecular weight excluding hydrogens is 248 g/mol. The lowest BCUT2D eigenvalue weighted by Crippen LogP contribution is -2.46. The summed E-state index contributed by atoms with van der Waals surface area (Å²) in [4.78, 5) is 2.43. The largest absolute Gasteiger partial charge is 0.377 e. The van der Waals surface area contributed by atoms with Crippen molar-refractivity contribution in [3.05, 3.63) is 35.4 Å².